The Morgan fingerprint density at radius 3 is 2.94 bits per heavy atom. The van der Waals surface area contributed by atoms with Crippen LogP contribution in [0.2, 0.25) is 0 Å². The summed E-state index contributed by atoms with van der Waals surface area (Å²) in [4.78, 5) is 11.7. The lowest BCUT2D eigenvalue weighted by atomic mass is 10.1. The van der Waals surface area contributed by atoms with Crippen LogP contribution in [-0.2, 0) is 4.79 Å². The first-order chi connectivity index (χ1) is 8.25. The highest BCUT2D eigenvalue weighted by Gasteiger charge is 2.11. The molecule has 1 N–H and O–H groups in total. The fraction of sp³-hybridized carbons (Fsp3) is 0.357. The molecule has 2 rings (SSSR count). The summed E-state index contributed by atoms with van der Waals surface area (Å²) in [5.41, 5.74) is 2.16. The van der Waals surface area contributed by atoms with Gasteiger partial charge in [0.1, 0.15) is 5.75 Å². The molecular weight excluding hydrogens is 214 g/mol. The van der Waals surface area contributed by atoms with E-state index in [0.29, 0.717) is 12.2 Å². The molecule has 90 valence electrons. The molecule has 1 aliphatic heterocycles. The Morgan fingerprint density at radius 2 is 2.24 bits per heavy atom. The third kappa shape index (κ3) is 3.43. The van der Waals surface area contributed by atoms with Crippen LogP contribution in [0.1, 0.15) is 18.4 Å². The number of nitrogens with one attached hydrogen (secondary N) is 1. The van der Waals surface area contributed by atoms with Gasteiger partial charge in [-0.2, -0.15) is 0 Å². The Labute approximate surface area is 101 Å². The zero-order valence-corrected chi connectivity index (χ0v) is 10.0. The molecule has 1 aromatic rings. The largest absolute Gasteiger partial charge is 0.426 e. The minimum atomic E-state index is -0.174. The van der Waals surface area contributed by atoms with Crippen LogP contribution in [0.4, 0.5) is 0 Å². The van der Waals surface area contributed by atoms with E-state index in [1.165, 1.54) is 5.57 Å². The van der Waals surface area contributed by atoms with Crippen LogP contribution in [0.3, 0.4) is 0 Å². The molecule has 1 aromatic carbocycles. The third-order valence-electron chi connectivity index (χ3n) is 2.85. The van der Waals surface area contributed by atoms with E-state index in [2.05, 4.69) is 11.4 Å². The van der Waals surface area contributed by atoms with Gasteiger partial charge in [-0.3, -0.25) is 4.79 Å². The number of carbonyl (C=O) groups is 1. The number of esters is 1. The Bertz CT molecular complexity index is 438. The van der Waals surface area contributed by atoms with E-state index in [1.54, 1.807) is 0 Å². The van der Waals surface area contributed by atoms with Crippen molar-refractivity contribution < 1.29 is 9.53 Å². The van der Waals surface area contributed by atoms with Gasteiger partial charge in [0.25, 0.3) is 0 Å². The number of rotatable bonds is 3. The van der Waals surface area contributed by atoms with Crippen LogP contribution in [0.15, 0.2) is 35.9 Å². The van der Waals surface area contributed by atoms with Crippen molar-refractivity contribution in [3.63, 3.8) is 0 Å². The molecule has 0 radical (unpaired) electrons. The van der Waals surface area contributed by atoms with Crippen molar-refractivity contribution in [2.24, 2.45) is 0 Å². The molecule has 0 saturated carbocycles. The molecule has 0 bridgehead atoms. The molecule has 0 spiro atoms. The summed E-state index contributed by atoms with van der Waals surface area (Å²) in [6, 6.07) is 7.57. The number of hydrogen-bond acceptors (Lipinski definition) is 3. The molecule has 0 aromatic heterocycles. The number of aryl methyl sites for hydroxylation is 1. The first-order valence-corrected chi connectivity index (χ1v) is 5.90. The van der Waals surface area contributed by atoms with Crippen molar-refractivity contribution in [3.05, 3.63) is 41.5 Å². The van der Waals surface area contributed by atoms with Gasteiger partial charge in [-0.05, 0) is 31.5 Å². The van der Waals surface area contributed by atoms with Gasteiger partial charge in [-0.25, -0.2) is 0 Å². The minimum Gasteiger partial charge on any atom is -0.426 e. The Kier molecular flexibility index (Phi) is 3.94. The SMILES string of the molecule is Cc1ccccc1OC(=O)CC1=CCNCC1. The first-order valence-electron chi connectivity index (χ1n) is 5.90. The Balaban J connectivity index is 1.93. The van der Waals surface area contributed by atoms with Crippen LogP contribution in [0.25, 0.3) is 0 Å². The monoisotopic (exact) mass is 231 g/mol. The smallest absolute Gasteiger partial charge is 0.315 e. The van der Waals surface area contributed by atoms with Gasteiger partial charge < -0.3 is 10.1 Å². The summed E-state index contributed by atoms with van der Waals surface area (Å²) in [5.74, 6) is 0.486. The quantitative estimate of drug-likeness (QED) is 0.492. The van der Waals surface area contributed by atoms with Crippen molar-refractivity contribution in [3.8, 4) is 5.75 Å². The average molecular weight is 231 g/mol. The fourth-order valence-electron chi connectivity index (χ4n) is 1.85. The maximum absolute atomic E-state index is 11.7. The van der Waals surface area contributed by atoms with Gasteiger partial charge in [0.05, 0.1) is 6.42 Å². The zero-order valence-electron chi connectivity index (χ0n) is 10.0. The van der Waals surface area contributed by atoms with Crippen LogP contribution >= 0.6 is 0 Å². The standard InChI is InChI=1S/C14H17NO2/c1-11-4-2-3-5-13(11)17-14(16)10-12-6-8-15-9-7-12/h2-6,15H,7-10H2,1H3. The van der Waals surface area contributed by atoms with Gasteiger partial charge >= 0.3 is 5.97 Å². The van der Waals surface area contributed by atoms with Crippen molar-refractivity contribution in [1.82, 2.24) is 5.32 Å². The van der Waals surface area contributed by atoms with E-state index in [0.717, 1.165) is 25.1 Å². The zero-order chi connectivity index (χ0) is 12.1. The van der Waals surface area contributed by atoms with E-state index in [9.17, 15) is 4.79 Å². The highest BCUT2D eigenvalue weighted by atomic mass is 16.5. The van der Waals surface area contributed by atoms with Crippen molar-refractivity contribution in [1.29, 1.82) is 0 Å². The molecule has 1 heterocycles. The molecule has 0 aliphatic carbocycles. The van der Waals surface area contributed by atoms with Crippen LogP contribution < -0.4 is 10.1 Å². The molecule has 0 fully saturated rings. The highest BCUT2D eigenvalue weighted by Crippen LogP contribution is 2.18. The molecule has 3 nitrogen and oxygen atoms in total. The predicted octanol–water partition coefficient (Wildman–Crippen LogP) is 2.21. The fourth-order valence-corrected chi connectivity index (χ4v) is 1.85. The Hall–Kier alpha value is -1.61. The molecule has 1 aliphatic rings. The second kappa shape index (κ2) is 5.64. The van der Waals surface area contributed by atoms with Crippen molar-refractivity contribution in [2.45, 2.75) is 19.8 Å². The van der Waals surface area contributed by atoms with E-state index in [4.69, 9.17) is 4.74 Å². The second-order valence-corrected chi connectivity index (χ2v) is 4.23. The predicted molar refractivity (Wildman–Crippen MR) is 67.0 cm³/mol. The topological polar surface area (TPSA) is 38.3 Å². The molecule has 3 heteroatoms. The molecule has 17 heavy (non-hydrogen) atoms. The van der Waals surface area contributed by atoms with Gasteiger partial charge in [0, 0.05) is 6.54 Å². The Morgan fingerprint density at radius 1 is 1.41 bits per heavy atom. The maximum Gasteiger partial charge on any atom is 0.315 e. The third-order valence-corrected chi connectivity index (χ3v) is 2.85. The van der Waals surface area contributed by atoms with E-state index >= 15 is 0 Å². The van der Waals surface area contributed by atoms with E-state index in [1.807, 2.05) is 31.2 Å². The van der Waals surface area contributed by atoms with E-state index < -0.39 is 0 Å². The van der Waals surface area contributed by atoms with E-state index in [-0.39, 0.29) is 5.97 Å². The second-order valence-electron chi connectivity index (χ2n) is 4.23. The highest BCUT2D eigenvalue weighted by molar-refractivity contribution is 5.75. The lowest BCUT2D eigenvalue weighted by Crippen LogP contribution is -2.22. The summed E-state index contributed by atoms with van der Waals surface area (Å²) >= 11 is 0. The van der Waals surface area contributed by atoms with Crippen LogP contribution in [0, 0.1) is 6.92 Å². The normalized spacial score (nSPS) is 15.2. The molecule has 0 atom stereocenters. The minimum absolute atomic E-state index is 0.174. The number of hydrogen-bond donors (Lipinski definition) is 1. The van der Waals surface area contributed by atoms with Crippen LogP contribution in [-0.4, -0.2) is 19.1 Å². The van der Waals surface area contributed by atoms with Crippen LogP contribution in [0.5, 0.6) is 5.75 Å². The number of benzene rings is 1. The van der Waals surface area contributed by atoms with Gasteiger partial charge in [-0.15, -0.1) is 0 Å². The maximum atomic E-state index is 11.7. The summed E-state index contributed by atoms with van der Waals surface area (Å²) in [6.45, 7) is 3.74. The average Bonchev–Trinajstić information content (AvgIpc) is 2.33. The molecule has 0 amide bonds. The van der Waals surface area contributed by atoms with Gasteiger partial charge in [-0.1, -0.05) is 29.8 Å². The summed E-state index contributed by atoms with van der Waals surface area (Å²) < 4.78 is 5.35. The summed E-state index contributed by atoms with van der Waals surface area (Å²) in [6.07, 6.45) is 3.40. The lowest BCUT2D eigenvalue weighted by Gasteiger charge is -2.13. The van der Waals surface area contributed by atoms with Gasteiger partial charge in [0.2, 0.25) is 0 Å². The van der Waals surface area contributed by atoms with Crippen molar-refractivity contribution in [2.75, 3.05) is 13.1 Å². The van der Waals surface area contributed by atoms with Gasteiger partial charge in [0.15, 0.2) is 0 Å². The molecule has 0 saturated heterocycles. The summed E-state index contributed by atoms with van der Waals surface area (Å²) in [5, 5.41) is 3.22. The number of para-hydroxylation sites is 1. The first kappa shape index (κ1) is 11.9. The number of ether oxygens (including phenoxy) is 1. The molecule has 0 unspecified atom stereocenters. The van der Waals surface area contributed by atoms with Crippen molar-refractivity contribution >= 4 is 5.97 Å². The summed E-state index contributed by atoms with van der Waals surface area (Å²) in [7, 11) is 0. The molecular formula is C14H17NO2. The lowest BCUT2D eigenvalue weighted by molar-refractivity contribution is -0.133. The number of carbonyl (C=O) groups excluding carboxylic acids is 1.